The molecule has 1 rings (SSSR count). The SMILES string of the molecule is CC(C)[C@H](NC(=O)[C@H](CC(=O)O)NC(=O)CN(C)C(=O)c1ccc(NC(=N)N)cc1)C(=O)O. The van der Waals surface area contributed by atoms with Crippen molar-refractivity contribution in [1.82, 2.24) is 15.5 Å². The van der Waals surface area contributed by atoms with Gasteiger partial charge in [0, 0.05) is 18.3 Å². The number of nitrogens with zero attached hydrogens (tertiary/aromatic N) is 1. The second-order valence-electron chi connectivity index (χ2n) is 7.56. The summed E-state index contributed by atoms with van der Waals surface area (Å²) in [5.41, 5.74) is 5.96. The summed E-state index contributed by atoms with van der Waals surface area (Å²) >= 11 is 0. The molecule has 0 heterocycles. The molecule has 0 aliphatic rings. The standard InChI is InChI=1S/C20H28N6O7/c1-10(2)16(19(32)33)25-17(30)13(8-15(28)29)24-14(27)9-26(3)18(31)11-4-6-12(7-5-11)23-20(21)22/h4-7,10,13,16H,8-9H2,1-3H3,(H,24,27)(H,25,30)(H,28,29)(H,32,33)(H4,21,22,23)/t13-,16-/m0/s1. The first-order valence-corrected chi connectivity index (χ1v) is 9.82. The first-order valence-electron chi connectivity index (χ1n) is 9.82. The Kier molecular flexibility index (Phi) is 9.79. The second-order valence-corrected chi connectivity index (χ2v) is 7.56. The fourth-order valence-corrected chi connectivity index (χ4v) is 2.75. The third kappa shape index (κ3) is 8.85. The Hall–Kier alpha value is -4.16. The Bertz CT molecular complexity index is 916. The highest BCUT2D eigenvalue weighted by atomic mass is 16.4. The van der Waals surface area contributed by atoms with E-state index in [4.69, 9.17) is 16.2 Å². The number of amides is 3. The van der Waals surface area contributed by atoms with Gasteiger partial charge in [-0.25, -0.2) is 4.79 Å². The number of anilines is 1. The molecule has 0 radical (unpaired) electrons. The van der Waals surface area contributed by atoms with E-state index in [1.165, 1.54) is 31.3 Å². The number of rotatable bonds is 11. The molecule has 0 aliphatic carbocycles. The normalized spacial score (nSPS) is 12.2. The monoisotopic (exact) mass is 464 g/mol. The van der Waals surface area contributed by atoms with Crippen LogP contribution in [0, 0.1) is 11.3 Å². The number of carboxylic acid groups (broad SMARTS) is 2. The number of nitrogens with two attached hydrogens (primary N) is 1. The van der Waals surface area contributed by atoms with E-state index >= 15 is 0 Å². The van der Waals surface area contributed by atoms with Gasteiger partial charge in [-0.15, -0.1) is 0 Å². The number of aliphatic carboxylic acids is 2. The number of guanidine groups is 1. The minimum absolute atomic E-state index is 0.237. The fourth-order valence-electron chi connectivity index (χ4n) is 2.75. The fraction of sp³-hybridized carbons (Fsp3) is 0.400. The number of carbonyl (C=O) groups excluding carboxylic acids is 3. The van der Waals surface area contributed by atoms with Crippen molar-refractivity contribution < 1.29 is 34.2 Å². The van der Waals surface area contributed by atoms with E-state index in [9.17, 15) is 29.1 Å². The Labute approximate surface area is 189 Å². The van der Waals surface area contributed by atoms with E-state index in [2.05, 4.69) is 16.0 Å². The van der Waals surface area contributed by atoms with E-state index in [0.29, 0.717) is 5.69 Å². The van der Waals surface area contributed by atoms with Gasteiger partial charge >= 0.3 is 11.9 Å². The lowest BCUT2D eigenvalue weighted by atomic mass is 10.0. The molecule has 1 aromatic carbocycles. The van der Waals surface area contributed by atoms with Crippen molar-refractivity contribution in [3.8, 4) is 0 Å². The first-order chi connectivity index (χ1) is 15.3. The van der Waals surface area contributed by atoms with Crippen LogP contribution in [-0.4, -0.2) is 76.4 Å². The average Bonchev–Trinajstić information content (AvgIpc) is 2.69. The van der Waals surface area contributed by atoms with Crippen LogP contribution in [0.5, 0.6) is 0 Å². The van der Waals surface area contributed by atoms with Crippen molar-refractivity contribution in [1.29, 1.82) is 5.41 Å². The maximum atomic E-state index is 12.5. The van der Waals surface area contributed by atoms with Crippen LogP contribution < -0.4 is 21.7 Å². The topological polar surface area (TPSA) is 215 Å². The van der Waals surface area contributed by atoms with Gasteiger partial charge in [0.05, 0.1) is 13.0 Å². The summed E-state index contributed by atoms with van der Waals surface area (Å²) in [5, 5.41) is 32.4. The lowest BCUT2D eigenvalue weighted by molar-refractivity contribution is -0.144. The molecule has 180 valence electrons. The predicted molar refractivity (Wildman–Crippen MR) is 118 cm³/mol. The van der Waals surface area contributed by atoms with Crippen LogP contribution in [0.1, 0.15) is 30.6 Å². The van der Waals surface area contributed by atoms with Gasteiger partial charge in [-0.1, -0.05) is 13.8 Å². The highest BCUT2D eigenvalue weighted by molar-refractivity contribution is 5.98. The molecule has 13 nitrogen and oxygen atoms in total. The maximum absolute atomic E-state index is 12.5. The minimum atomic E-state index is -1.53. The van der Waals surface area contributed by atoms with Crippen molar-refractivity contribution in [3.63, 3.8) is 0 Å². The molecule has 1 aromatic rings. The molecule has 0 saturated carbocycles. The van der Waals surface area contributed by atoms with Crippen molar-refractivity contribution in [3.05, 3.63) is 29.8 Å². The molecule has 0 aliphatic heterocycles. The average molecular weight is 464 g/mol. The summed E-state index contributed by atoms with van der Waals surface area (Å²) in [6, 6.07) is 3.15. The van der Waals surface area contributed by atoms with Crippen LogP contribution in [-0.2, 0) is 19.2 Å². The minimum Gasteiger partial charge on any atom is -0.481 e. The Morgan fingerprint density at radius 1 is 1.06 bits per heavy atom. The van der Waals surface area contributed by atoms with Crippen LogP contribution in [0.4, 0.5) is 5.69 Å². The zero-order valence-corrected chi connectivity index (χ0v) is 18.4. The van der Waals surface area contributed by atoms with Crippen LogP contribution in [0.15, 0.2) is 24.3 Å². The van der Waals surface area contributed by atoms with E-state index in [0.717, 1.165) is 4.90 Å². The molecule has 0 spiro atoms. The molecule has 0 aromatic heterocycles. The zero-order chi connectivity index (χ0) is 25.3. The highest BCUT2D eigenvalue weighted by Gasteiger charge is 2.30. The lowest BCUT2D eigenvalue weighted by Crippen LogP contribution is -2.54. The summed E-state index contributed by atoms with van der Waals surface area (Å²) in [4.78, 5) is 60.8. The molecule has 0 fully saturated rings. The molecule has 0 bridgehead atoms. The van der Waals surface area contributed by atoms with Gasteiger partial charge in [-0.05, 0) is 30.2 Å². The number of benzene rings is 1. The van der Waals surface area contributed by atoms with Crippen LogP contribution in [0.25, 0.3) is 0 Å². The summed E-state index contributed by atoms with van der Waals surface area (Å²) in [7, 11) is 1.34. The van der Waals surface area contributed by atoms with E-state index in [-0.39, 0.29) is 11.5 Å². The molecular weight excluding hydrogens is 436 g/mol. The highest BCUT2D eigenvalue weighted by Crippen LogP contribution is 2.11. The number of hydrogen-bond acceptors (Lipinski definition) is 6. The van der Waals surface area contributed by atoms with Crippen LogP contribution >= 0.6 is 0 Å². The van der Waals surface area contributed by atoms with Gasteiger partial charge in [0.15, 0.2) is 5.96 Å². The van der Waals surface area contributed by atoms with E-state index in [1.54, 1.807) is 13.8 Å². The van der Waals surface area contributed by atoms with Crippen molar-refractivity contribution in [2.45, 2.75) is 32.4 Å². The largest absolute Gasteiger partial charge is 0.481 e. The summed E-state index contributed by atoms with van der Waals surface area (Å²) < 4.78 is 0. The molecule has 0 unspecified atom stereocenters. The third-order valence-corrected chi connectivity index (χ3v) is 4.40. The van der Waals surface area contributed by atoms with Crippen molar-refractivity contribution in [2.24, 2.45) is 11.7 Å². The Morgan fingerprint density at radius 2 is 1.64 bits per heavy atom. The van der Waals surface area contributed by atoms with Crippen molar-refractivity contribution in [2.75, 3.05) is 18.9 Å². The van der Waals surface area contributed by atoms with Gasteiger partial charge in [0.2, 0.25) is 11.8 Å². The lowest BCUT2D eigenvalue weighted by Gasteiger charge is -2.23. The molecule has 8 N–H and O–H groups in total. The number of carbonyl (C=O) groups is 5. The molecule has 2 atom stereocenters. The quantitative estimate of drug-likeness (QED) is 0.162. The number of likely N-dealkylation sites (N-methyl/N-ethyl adjacent to an activating group) is 1. The zero-order valence-electron chi connectivity index (χ0n) is 18.4. The summed E-state index contributed by atoms with van der Waals surface area (Å²) in [6.45, 7) is 2.64. The number of nitrogens with one attached hydrogen (secondary N) is 4. The van der Waals surface area contributed by atoms with E-state index < -0.39 is 60.6 Å². The maximum Gasteiger partial charge on any atom is 0.326 e. The van der Waals surface area contributed by atoms with Crippen LogP contribution in [0.2, 0.25) is 0 Å². The smallest absolute Gasteiger partial charge is 0.326 e. The first kappa shape index (κ1) is 26.9. The molecule has 3 amide bonds. The molecule has 0 saturated heterocycles. The van der Waals surface area contributed by atoms with Gasteiger partial charge in [0.1, 0.15) is 12.1 Å². The van der Waals surface area contributed by atoms with Gasteiger partial charge in [0.25, 0.3) is 5.91 Å². The Morgan fingerprint density at radius 3 is 2.09 bits per heavy atom. The van der Waals surface area contributed by atoms with Gasteiger partial charge in [-0.2, -0.15) is 0 Å². The third-order valence-electron chi connectivity index (χ3n) is 4.40. The molecule has 33 heavy (non-hydrogen) atoms. The summed E-state index contributed by atoms with van der Waals surface area (Å²) in [5.74, 6) is -5.72. The van der Waals surface area contributed by atoms with E-state index in [1.807, 2.05) is 0 Å². The van der Waals surface area contributed by atoms with Gasteiger partial charge < -0.3 is 36.8 Å². The number of carboxylic acids is 2. The summed E-state index contributed by atoms with van der Waals surface area (Å²) in [6.07, 6.45) is -0.774. The van der Waals surface area contributed by atoms with Crippen LogP contribution in [0.3, 0.4) is 0 Å². The molecule has 13 heteroatoms. The second kappa shape index (κ2) is 12.0. The predicted octanol–water partition coefficient (Wildman–Crippen LogP) is -0.751. The number of hydrogen-bond donors (Lipinski definition) is 7. The Balaban J connectivity index is 2.82. The van der Waals surface area contributed by atoms with Gasteiger partial charge in [-0.3, -0.25) is 24.6 Å². The molecular formula is C20H28N6O7. The van der Waals surface area contributed by atoms with Crippen molar-refractivity contribution >= 4 is 41.3 Å².